The van der Waals surface area contributed by atoms with Crippen molar-refractivity contribution in [3.63, 3.8) is 0 Å². The molecule has 0 atom stereocenters. The maximum absolute atomic E-state index is 10.3. The molecule has 1 N–H and O–H groups in total. The average molecular weight is 272 g/mol. The normalized spacial score (nSPS) is 13.3. The summed E-state index contributed by atoms with van der Waals surface area (Å²) >= 11 is -0.103. The van der Waals surface area contributed by atoms with E-state index in [9.17, 15) is 4.91 Å². The first-order valence-corrected chi connectivity index (χ1v) is 5.66. The molecule has 0 radical (unpaired) electrons. The Balaban J connectivity index is 2.67. The van der Waals surface area contributed by atoms with Crippen LogP contribution in [0.4, 0.5) is 5.69 Å². The molecule has 1 aliphatic heterocycles. The Morgan fingerprint density at radius 2 is 2.50 bits per heavy atom. The van der Waals surface area contributed by atoms with E-state index in [0.717, 1.165) is 11.3 Å². The monoisotopic (exact) mass is 272 g/mol. The highest BCUT2D eigenvalue weighted by atomic mass is 127. The molecule has 4 heteroatoms. The Morgan fingerprint density at radius 1 is 1.58 bits per heavy atom. The molecule has 0 bridgehead atoms. The van der Waals surface area contributed by atoms with Gasteiger partial charge >= 0.3 is 0 Å². The summed E-state index contributed by atoms with van der Waals surface area (Å²) in [7, 11) is 0. The number of nitroso groups, excluding NO2 is 1. The van der Waals surface area contributed by atoms with Crippen LogP contribution in [0.1, 0.15) is 11.3 Å². The number of aromatic amines is 1. The zero-order valence-electron chi connectivity index (χ0n) is 6.04. The molecule has 0 aromatic carbocycles. The maximum atomic E-state index is 10.3. The summed E-state index contributed by atoms with van der Waals surface area (Å²) in [6.45, 7) is 0. The lowest BCUT2D eigenvalue weighted by molar-refractivity contribution is 1.37. The standard InChI is InChI=1S/C8H5IN2O/c12-11-8-5-10-7-2-4-9-3-1-6(7)8/h1-3,5,10H. The highest BCUT2D eigenvalue weighted by Crippen LogP contribution is 2.26. The van der Waals surface area contributed by atoms with Crippen molar-refractivity contribution >= 4 is 42.2 Å². The third-order valence-electron chi connectivity index (χ3n) is 1.58. The van der Waals surface area contributed by atoms with Crippen LogP contribution in [0.15, 0.2) is 15.5 Å². The van der Waals surface area contributed by atoms with Crippen molar-refractivity contribution in [2.45, 2.75) is 0 Å². The first-order chi connectivity index (χ1) is 5.92. The number of nitrogens with one attached hydrogen (secondary N) is 1. The van der Waals surface area contributed by atoms with E-state index in [0.29, 0.717) is 5.69 Å². The molecule has 0 amide bonds. The highest BCUT2D eigenvalue weighted by Gasteiger charge is 2.06. The second kappa shape index (κ2) is 3.16. The molecule has 2 heterocycles. The van der Waals surface area contributed by atoms with Crippen LogP contribution in [-0.4, -0.2) is 8.65 Å². The predicted molar refractivity (Wildman–Crippen MR) is 58.8 cm³/mol. The molecule has 0 spiro atoms. The van der Waals surface area contributed by atoms with Crippen LogP contribution in [0.5, 0.6) is 0 Å². The van der Waals surface area contributed by atoms with E-state index in [1.54, 1.807) is 6.20 Å². The van der Waals surface area contributed by atoms with E-state index in [-0.39, 0.29) is 20.7 Å². The van der Waals surface area contributed by atoms with Crippen molar-refractivity contribution < 1.29 is 0 Å². The fourth-order valence-corrected chi connectivity index (χ4v) is 2.26. The summed E-state index contributed by atoms with van der Waals surface area (Å²) in [6.07, 6.45) is 5.44. The van der Waals surface area contributed by atoms with Crippen LogP contribution in [0.3, 0.4) is 0 Å². The second-order valence-electron chi connectivity index (χ2n) is 2.25. The molecule has 0 saturated heterocycles. The number of hydrogen-bond acceptors (Lipinski definition) is 2. The van der Waals surface area contributed by atoms with Gasteiger partial charge < -0.3 is 4.98 Å². The lowest BCUT2D eigenvalue weighted by atomic mass is 10.2. The van der Waals surface area contributed by atoms with Gasteiger partial charge in [0.15, 0.2) is 0 Å². The molecule has 60 valence electrons. The molecule has 0 aliphatic carbocycles. The third kappa shape index (κ3) is 1.19. The maximum Gasteiger partial charge on any atom is 0.133 e. The molecule has 1 aromatic heterocycles. The van der Waals surface area contributed by atoms with E-state index < -0.39 is 0 Å². The van der Waals surface area contributed by atoms with Gasteiger partial charge in [0.25, 0.3) is 0 Å². The predicted octanol–water partition coefficient (Wildman–Crippen LogP) is 2.78. The van der Waals surface area contributed by atoms with Crippen molar-refractivity contribution in [2.24, 2.45) is 5.18 Å². The van der Waals surface area contributed by atoms with Crippen molar-refractivity contribution in [2.75, 3.05) is 0 Å². The topological polar surface area (TPSA) is 45.2 Å². The number of aromatic nitrogens is 1. The molecule has 0 fully saturated rings. The largest absolute Gasteiger partial charge is 0.359 e. The lowest BCUT2D eigenvalue weighted by Crippen LogP contribution is -1.73. The fourth-order valence-electron chi connectivity index (χ4n) is 1.03. The summed E-state index contributed by atoms with van der Waals surface area (Å²) in [5.74, 6) is 0. The van der Waals surface area contributed by atoms with E-state index in [2.05, 4.69) is 17.9 Å². The number of halogens is 1. The van der Waals surface area contributed by atoms with Gasteiger partial charge in [-0.2, -0.15) is 0 Å². The minimum absolute atomic E-state index is 0.103. The smallest absolute Gasteiger partial charge is 0.133 e. The van der Waals surface area contributed by atoms with Crippen LogP contribution in [0.2, 0.25) is 0 Å². The van der Waals surface area contributed by atoms with Crippen molar-refractivity contribution in [3.05, 3.63) is 26.4 Å². The van der Waals surface area contributed by atoms with Gasteiger partial charge in [-0.1, -0.05) is 3.67 Å². The molecule has 0 unspecified atom stereocenters. The zero-order valence-corrected chi connectivity index (χ0v) is 8.20. The van der Waals surface area contributed by atoms with Crippen molar-refractivity contribution in [1.82, 2.24) is 4.98 Å². The van der Waals surface area contributed by atoms with Crippen molar-refractivity contribution in [1.29, 1.82) is 0 Å². The van der Waals surface area contributed by atoms with Gasteiger partial charge in [0.1, 0.15) is 5.69 Å². The quantitative estimate of drug-likeness (QED) is 0.620. The van der Waals surface area contributed by atoms with Gasteiger partial charge in [-0.3, -0.25) is 0 Å². The molecule has 12 heavy (non-hydrogen) atoms. The SMILES string of the molecule is O=Nc1c[nH]c2c1C=CI=C=C2. The Hall–Kier alpha value is -1.000. The Bertz CT molecular complexity index is 411. The first-order valence-electron chi connectivity index (χ1n) is 3.34. The number of nitrogens with zero attached hydrogens (tertiary/aromatic N) is 1. The van der Waals surface area contributed by atoms with Crippen LogP contribution >= 0.6 is 20.7 Å². The molecule has 3 nitrogen and oxygen atoms in total. The summed E-state index contributed by atoms with van der Waals surface area (Å²) in [5, 5.41) is 2.92. The molecular formula is C8H5IN2O. The molecular weight excluding hydrogens is 267 g/mol. The van der Waals surface area contributed by atoms with Gasteiger partial charge in [-0.05, 0) is 36.1 Å². The number of hydrogen-bond donors (Lipinski definition) is 1. The summed E-state index contributed by atoms with van der Waals surface area (Å²) in [4.78, 5) is 13.3. The molecule has 1 aliphatic rings. The lowest BCUT2D eigenvalue weighted by Gasteiger charge is -1.88. The number of fused-ring (bicyclic) bond motifs is 1. The van der Waals surface area contributed by atoms with Crippen LogP contribution in [-0.2, 0) is 0 Å². The van der Waals surface area contributed by atoms with E-state index in [1.165, 1.54) is 0 Å². The third-order valence-corrected chi connectivity index (χ3v) is 2.97. The summed E-state index contributed by atoms with van der Waals surface area (Å²) < 4.78 is 5.22. The average Bonchev–Trinajstić information content (AvgIpc) is 2.33. The van der Waals surface area contributed by atoms with Gasteiger partial charge in [-0.15, -0.1) is 4.91 Å². The molecule has 1 aromatic rings. The summed E-state index contributed by atoms with van der Waals surface area (Å²) in [5.41, 5.74) is 2.29. The highest BCUT2D eigenvalue weighted by molar-refractivity contribution is 14.2. The Kier molecular flexibility index (Phi) is 2.01. The second-order valence-corrected chi connectivity index (χ2v) is 4.21. The Morgan fingerprint density at radius 3 is 3.33 bits per heavy atom. The fraction of sp³-hybridized carbons (Fsp3) is 0. The van der Waals surface area contributed by atoms with Crippen LogP contribution in [0.25, 0.3) is 12.2 Å². The van der Waals surface area contributed by atoms with Crippen LogP contribution in [0, 0.1) is 4.91 Å². The summed E-state index contributed by atoms with van der Waals surface area (Å²) in [6, 6.07) is 0. The van der Waals surface area contributed by atoms with E-state index in [1.807, 2.05) is 12.2 Å². The molecule has 2 rings (SSSR count). The van der Waals surface area contributed by atoms with Gasteiger partial charge in [-0.25, -0.2) is 0 Å². The van der Waals surface area contributed by atoms with Gasteiger partial charge in [0.05, 0.1) is 5.69 Å². The van der Waals surface area contributed by atoms with Crippen LogP contribution < -0.4 is 0 Å². The van der Waals surface area contributed by atoms with Gasteiger partial charge in [0, 0.05) is 17.8 Å². The first kappa shape index (κ1) is 7.64. The number of H-pyrrole nitrogens is 1. The van der Waals surface area contributed by atoms with E-state index >= 15 is 0 Å². The van der Waals surface area contributed by atoms with Crippen molar-refractivity contribution in [3.8, 4) is 0 Å². The minimum atomic E-state index is -0.103. The minimum Gasteiger partial charge on any atom is -0.359 e. The zero-order chi connectivity index (χ0) is 8.39. The number of rotatable bonds is 1. The van der Waals surface area contributed by atoms with E-state index in [4.69, 9.17) is 0 Å². The molecule has 0 saturated carbocycles. The van der Waals surface area contributed by atoms with Gasteiger partial charge in [0.2, 0.25) is 0 Å². The Labute approximate surface area is 78.9 Å².